The van der Waals surface area contributed by atoms with Crippen molar-refractivity contribution in [3.8, 4) is 0 Å². The first-order valence-electron chi connectivity index (χ1n) is 7.45. The van der Waals surface area contributed by atoms with Gasteiger partial charge in [-0.1, -0.05) is 42.5 Å². The molecule has 1 aromatic rings. The van der Waals surface area contributed by atoms with E-state index in [9.17, 15) is 8.42 Å². The summed E-state index contributed by atoms with van der Waals surface area (Å²) in [5, 5.41) is 2.28. The molecule has 0 bridgehead atoms. The topological polar surface area (TPSA) is 49.4 Å². The number of hydrogen-bond donors (Lipinski definition) is 1. The summed E-state index contributed by atoms with van der Waals surface area (Å²) >= 11 is 13.3. The molecule has 2 aliphatic rings. The molecule has 1 N–H and O–H groups in total. The zero-order valence-electron chi connectivity index (χ0n) is 12.5. The van der Waals surface area contributed by atoms with Gasteiger partial charge >= 0.3 is 0 Å². The van der Waals surface area contributed by atoms with Crippen molar-refractivity contribution in [3.63, 3.8) is 0 Å². The first kappa shape index (κ1) is 17.0. The molecule has 1 aliphatic carbocycles. The van der Waals surface area contributed by atoms with E-state index in [0.717, 1.165) is 5.56 Å². The number of nitrogens with one attached hydrogen (secondary N) is 1. The molecule has 4 nitrogen and oxygen atoms in total. The molecular weight excluding hydrogens is 355 g/mol. The van der Waals surface area contributed by atoms with Crippen LogP contribution in [0.25, 0.3) is 0 Å². The van der Waals surface area contributed by atoms with Crippen LogP contribution in [0.3, 0.4) is 0 Å². The minimum absolute atomic E-state index is 0.155. The average molecular weight is 373 g/mol. The Balaban J connectivity index is 1.95. The smallest absolute Gasteiger partial charge is 0.240 e. The van der Waals surface area contributed by atoms with Crippen molar-refractivity contribution in [2.75, 3.05) is 26.2 Å². The highest BCUT2D eigenvalue weighted by atomic mass is 35.5. The maximum absolute atomic E-state index is 12.9. The van der Waals surface area contributed by atoms with Crippen molar-refractivity contribution < 1.29 is 8.42 Å². The molecule has 0 spiro atoms. The number of alkyl halides is 2. The summed E-state index contributed by atoms with van der Waals surface area (Å²) in [7, 11) is -3.63. The summed E-state index contributed by atoms with van der Waals surface area (Å²) in [5.41, 5.74) is 0.777. The Morgan fingerprint density at radius 3 is 2.48 bits per heavy atom. The van der Waals surface area contributed by atoms with Crippen LogP contribution in [0.5, 0.6) is 0 Å². The van der Waals surface area contributed by atoms with Gasteiger partial charge in [0.25, 0.3) is 0 Å². The van der Waals surface area contributed by atoms with Crippen LogP contribution in [0.1, 0.15) is 5.56 Å². The van der Waals surface area contributed by atoms with Gasteiger partial charge in [0, 0.05) is 26.2 Å². The molecule has 0 radical (unpaired) electrons. The maximum Gasteiger partial charge on any atom is 0.240 e. The fourth-order valence-electron chi connectivity index (χ4n) is 2.85. The number of nitrogens with zero attached hydrogens (tertiary/aromatic N) is 1. The second kappa shape index (κ2) is 6.57. The van der Waals surface area contributed by atoms with Gasteiger partial charge in [-0.05, 0) is 11.6 Å². The summed E-state index contributed by atoms with van der Waals surface area (Å²) in [6.45, 7) is 2.15. The standard InChI is InChI=1S/C16H18Cl2N2O2S/c17-15-14(23(21,22)20-11-9-19-10-12-20)7-4-8-16(15,18)13-5-2-1-3-6-13/h1-8,15,19H,9-12H2. The number of benzene rings is 1. The van der Waals surface area contributed by atoms with Crippen molar-refractivity contribution in [2.45, 2.75) is 10.3 Å². The number of allylic oxidation sites excluding steroid dienone is 4. The van der Waals surface area contributed by atoms with Crippen molar-refractivity contribution in [1.82, 2.24) is 9.62 Å². The normalized spacial score (nSPS) is 29.3. The summed E-state index contributed by atoms with van der Waals surface area (Å²) in [4.78, 5) is -0.920. The first-order valence-corrected chi connectivity index (χ1v) is 9.70. The van der Waals surface area contributed by atoms with Crippen LogP contribution < -0.4 is 5.32 Å². The Morgan fingerprint density at radius 2 is 1.83 bits per heavy atom. The van der Waals surface area contributed by atoms with Crippen LogP contribution in [0.2, 0.25) is 0 Å². The third-order valence-electron chi connectivity index (χ3n) is 4.15. The van der Waals surface area contributed by atoms with Gasteiger partial charge in [0.05, 0.1) is 10.3 Å². The molecule has 1 fully saturated rings. The highest BCUT2D eigenvalue weighted by molar-refractivity contribution is 7.93. The molecule has 124 valence electrons. The molecule has 0 amide bonds. The van der Waals surface area contributed by atoms with Crippen LogP contribution in [0.4, 0.5) is 0 Å². The van der Waals surface area contributed by atoms with Gasteiger partial charge in [0.15, 0.2) is 0 Å². The molecule has 7 heteroatoms. The van der Waals surface area contributed by atoms with Gasteiger partial charge in [-0.3, -0.25) is 0 Å². The zero-order valence-corrected chi connectivity index (χ0v) is 14.8. The predicted molar refractivity (Wildman–Crippen MR) is 94.2 cm³/mol. The molecule has 3 rings (SSSR count). The fourth-order valence-corrected chi connectivity index (χ4v) is 5.50. The minimum atomic E-state index is -3.63. The number of piperazine rings is 1. The van der Waals surface area contributed by atoms with E-state index in [4.69, 9.17) is 23.2 Å². The molecule has 2 unspecified atom stereocenters. The minimum Gasteiger partial charge on any atom is -0.314 e. The van der Waals surface area contributed by atoms with Crippen molar-refractivity contribution in [2.24, 2.45) is 0 Å². The third kappa shape index (κ3) is 3.08. The van der Waals surface area contributed by atoms with E-state index in [1.54, 1.807) is 18.2 Å². The van der Waals surface area contributed by atoms with Gasteiger partial charge < -0.3 is 5.32 Å². The number of rotatable bonds is 3. The summed E-state index contributed by atoms with van der Waals surface area (Å²) in [5.74, 6) is 0. The SMILES string of the molecule is O=S(=O)(C1=CC=CC(Cl)(c2ccccc2)C1Cl)N1CCNCC1. The Bertz CT molecular complexity index is 728. The average Bonchev–Trinajstić information content (AvgIpc) is 2.59. The largest absolute Gasteiger partial charge is 0.314 e. The van der Waals surface area contributed by atoms with Gasteiger partial charge in [-0.2, -0.15) is 4.31 Å². The van der Waals surface area contributed by atoms with E-state index in [-0.39, 0.29) is 4.91 Å². The Kier molecular flexibility index (Phi) is 4.85. The van der Waals surface area contributed by atoms with Gasteiger partial charge in [-0.15, -0.1) is 23.2 Å². The van der Waals surface area contributed by atoms with E-state index in [1.807, 2.05) is 30.3 Å². The molecule has 0 aromatic heterocycles. The summed E-state index contributed by atoms with van der Waals surface area (Å²) in [6.07, 6.45) is 4.98. The molecule has 1 aliphatic heterocycles. The maximum atomic E-state index is 12.9. The summed E-state index contributed by atoms with van der Waals surface area (Å²) in [6, 6.07) is 9.31. The second-order valence-corrected chi connectivity index (χ2v) is 8.58. The Hall–Kier alpha value is -0.850. The van der Waals surface area contributed by atoms with Crippen molar-refractivity contribution >= 4 is 33.2 Å². The van der Waals surface area contributed by atoms with E-state index >= 15 is 0 Å². The van der Waals surface area contributed by atoms with E-state index in [2.05, 4.69) is 5.32 Å². The summed E-state index contributed by atoms with van der Waals surface area (Å²) < 4.78 is 27.3. The molecule has 1 heterocycles. The lowest BCUT2D eigenvalue weighted by atomic mass is 9.91. The predicted octanol–water partition coefficient (Wildman–Crippen LogP) is 2.42. The lowest BCUT2D eigenvalue weighted by molar-refractivity contribution is 0.362. The molecular formula is C16H18Cl2N2O2S. The highest BCUT2D eigenvalue weighted by Crippen LogP contribution is 2.44. The van der Waals surface area contributed by atoms with E-state index in [0.29, 0.717) is 26.2 Å². The highest BCUT2D eigenvalue weighted by Gasteiger charge is 2.44. The zero-order chi connectivity index (χ0) is 16.5. The lowest BCUT2D eigenvalue weighted by Crippen LogP contribution is -2.48. The molecule has 2 atom stereocenters. The molecule has 0 saturated carbocycles. The number of halogens is 2. The fraction of sp³-hybridized carbons (Fsp3) is 0.375. The monoisotopic (exact) mass is 372 g/mol. The quantitative estimate of drug-likeness (QED) is 0.828. The van der Waals surface area contributed by atoms with Crippen molar-refractivity contribution in [1.29, 1.82) is 0 Å². The van der Waals surface area contributed by atoms with Crippen LogP contribution in [-0.2, 0) is 14.9 Å². The van der Waals surface area contributed by atoms with E-state index in [1.165, 1.54) is 4.31 Å². The van der Waals surface area contributed by atoms with Gasteiger partial charge in [-0.25, -0.2) is 8.42 Å². The second-order valence-electron chi connectivity index (χ2n) is 5.58. The van der Waals surface area contributed by atoms with Crippen LogP contribution in [-0.4, -0.2) is 44.3 Å². The van der Waals surface area contributed by atoms with Gasteiger partial charge in [0.1, 0.15) is 4.87 Å². The number of hydrogen-bond acceptors (Lipinski definition) is 3. The lowest BCUT2D eigenvalue weighted by Gasteiger charge is -2.35. The third-order valence-corrected chi connectivity index (χ3v) is 7.54. The van der Waals surface area contributed by atoms with Crippen LogP contribution in [0, 0.1) is 0 Å². The van der Waals surface area contributed by atoms with Crippen LogP contribution in [0.15, 0.2) is 53.5 Å². The van der Waals surface area contributed by atoms with E-state index < -0.39 is 20.3 Å². The number of sulfonamides is 1. The molecule has 23 heavy (non-hydrogen) atoms. The van der Waals surface area contributed by atoms with Crippen LogP contribution >= 0.6 is 23.2 Å². The Morgan fingerprint density at radius 1 is 1.17 bits per heavy atom. The Labute approximate surface area is 146 Å². The molecule has 1 aromatic carbocycles. The molecule has 1 saturated heterocycles. The van der Waals surface area contributed by atoms with Gasteiger partial charge in [0.2, 0.25) is 10.0 Å². The first-order chi connectivity index (χ1) is 11.0. The van der Waals surface area contributed by atoms with Crippen molar-refractivity contribution in [3.05, 3.63) is 59.0 Å².